The van der Waals surface area contributed by atoms with Crippen LogP contribution in [-0.2, 0) is 9.53 Å². The first kappa shape index (κ1) is 10.5. The van der Waals surface area contributed by atoms with Gasteiger partial charge < -0.3 is 9.84 Å². The number of carbonyl (C=O) groups is 1. The molecule has 1 aliphatic rings. The lowest BCUT2D eigenvalue weighted by Crippen LogP contribution is -2.31. The highest BCUT2D eigenvalue weighted by molar-refractivity contribution is 5.72. The van der Waals surface area contributed by atoms with Crippen LogP contribution in [0.5, 0.6) is 0 Å². The maximum atomic E-state index is 11.4. The number of rotatable bonds is 2. The van der Waals surface area contributed by atoms with E-state index in [4.69, 9.17) is 4.74 Å². The van der Waals surface area contributed by atoms with Gasteiger partial charge in [-0.3, -0.25) is 4.79 Å². The van der Waals surface area contributed by atoms with Gasteiger partial charge in [-0.25, -0.2) is 0 Å². The zero-order valence-electron chi connectivity index (χ0n) is 8.32. The van der Waals surface area contributed by atoms with Crippen LogP contribution in [0, 0.1) is 11.8 Å². The average Bonchev–Trinajstić information content (AvgIpc) is 2.03. The Hall–Kier alpha value is -0.570. The first-order chi connectivity index (χ1) is 6.13. The number of aliphatic hydroxyl groups excluding tert-OH is 1. The van der Waals surface area contributed by atoms with Crippen molar-refractivity contribution in [1.82, 2.24) is 0 Å². The molecule has 13 heavy (non-hydrogen) atoms. The Morgan fingerprint density at radius 3 is 2.69 bits per heavy atom. The van der Waals surface area contributed by atoms with Crippen LogP contribution in [0.25, 0.3) is 0 Å². The van der Waals surface area contributed by atoms with Crippen molar-refractivity contribution in [2.24, 2.45) is 11.8 Å². The Bertz CT molecular complexity index is 169. The Kier molecular flexibility index (Phi) is 3.72. The van der Waals surface area contributed by atoms with E-state index in [0.29, 0.717) is 18.9 Å². The average molecular weight is 186 g/mol. The summed E-state index contributed by atoms with van der Waals surface area (Å²) in [5.41, 5.74) is 0. The van der Waals surface area contributed by atoms with Crippen molar-refractivity contribution in [2.45, 2.75) is 39.2 Å². The summed E-state index contributed by atoms with van der Waals surface area (Å²) in [6.45, 7) is 4.30. The standard InChI is InChI=1S/C10H18O3/c1-3-13-10(12)8-4-7(2)5-9(11)6-8/h7-9,11H,3-6H2,1-2H3. The monoisotopic (exact) mass is 186 g/mol. The van der Waals surface area contributed by atoms with Gasteiger partial charge in [-0.05, 0) is 32.1 Å². The van der Waals surface area contributed by atoms with Crippen molar-refractivity contribution in [3.63, 3.8) is 0 Å². The normalized spacial score (nSPS) is 34.2. The molecule has 0 radical (unpaired) electrons. The van der Waals surface area contributed by atoms with E-state index in [2.05, 4.69) is 6.92 Å². The summed E-state index contributed by atoms with van der Waals surface area (Å²) in [6, 6.07) is 0. The molecule has 0 saturated heterocycles. The molecule has 1 fully saturated rings. The fourth-order valence-electron chi connectivity index (χ4n) is 2.02. The predicted octanol–water partition coefficient (Wildman–Crippen LogP) is 1.35. The Balaban J connectivity index is 2.45. The van der Waals surface area contributed by atoms with Gasteiger partial charge in [0.25, 0.3) is 0 Å². The van der Waals surface area contributed by atoms with E-state index in [1.807, 2.05) is 0 Å². The van der Waals surface area contributed by atoms with Crippen LogP contribution in [-0.4, -0.2) is 23.8 Å². The molecule has 0 spiro atoms. The van der Waals surface area contributed by atoms with Gasteiger partial charge >= 0.3 is 5.97 Å². The minimum Gasteiger partial charge on any atom is -0.466 e. The largest absolute Gasteiger partial charge is 0.466 e. The molecular weight excluding hydrogens is 168 g/mol. The fourth-order valence-corrected chi connectivity index (χ4v) is 2.02. The number of hydrogen-bond donors (Lipinski definition) is 1. The molecular formula is C10H18O3. The second kappa shape index (κ2) is 4.61. The molecule has 0 aliphatic heterocycles. The van der Waals surface area contributed by atoms with Crippen LogP contribution >= 0.6 is 0 Å². The number of ether oxygens (including phenoxy) is 1. The van der Waals surface area contributed by atoms with Crippen LogP contribution in [0.3, 0.4) is 0 Å². The summed E-state index contributed by atoms with van der Waals surface area (Å²) in [5, 5.41) is 9.46. The molecule has 76 valence electrons. The number of esters is 1. The molecule has 1 N–H and O–H groups in total. The molecule has 3 atom stereocenters. The summed E-state index contributed by atoms with van der Waals surface area (Å²) in [4.78, 5) is 11.4. The summed E-state index contributed by atoms with van der Waals surface area (Å²) in [6.07, 6.45) is 1.92. The number of hydrogen-bond acceptors (Lipinski definition) is 3. The van der Waals surface area contributed by atoms with Gasteiger partial charge in [-0.15, -0.1) is 0 Å². The minimum atomic E-state index is -0.321. The second-order valence-corrected chi connectivity index (χ2v) is 3.92. The smallest absolute Gasteiger partial charge is 0.309 e. The first-order valence-electron chi connectivity index (χ1n) is 4.98. The summed E-state index contributed by atoms with van der Waals surface area (Å²) >= 11 is 0. The van der Waals surface area contributed by atoms with Crippen molar-refractivity contribution in [3.05, 3.63) is 0 Å². The first-order valence-corrected chi connectivity index (χ1v) is 4.98. The zero-order chi connectivity index (χ0) is 9.84. The molecule has 0 heterocycles. The van der Waals surface area contributed by atoms with Gasteiger partial charge in [0.1, 0.15) is 0 Å². The quantitative estimate of drug-likeness (QED) is 0.662. The number of aliphatic hydroxyl groups is 1. The maximum absolute atomic E-state index is 11.4. The third-order valence-corrected chi connectivity index (χ3v) is 2.54. The SMILES string of the molecule is CCOC(=O)C1CC(C)CC(O)C1. The van der Waals surface area contributed by atoms with E-state index in [-0.39, 0.29) is 18.0 Å². The van der Waals surface area contributed by atoms with Crippen LogP contribution < -0.4 is 0 Å². The molecule has 3 unspecified atom stereocenters. The maximum Gasteiger partial charge on any atom is 0.309 e. The van der Waals surface area contributed by atoms with Gasteiger partial charge in [-0.2, -0.15) is 0 Å². The van der Waals surface area contributed by atoms with Gasteiger partial charge in [0.15, 0.2) is 0 Å². The Labute approximate surface area is 79.1 Å². The van der Waals surface area contributed by atoms with Gasteiger partial charge in [0.05, 0.1) is 18.6 Å². The summed E-state index contributed by atoms with van der Waals surface area (Å²) in [7, 11) is 0. The molecule has 0 bridgehead atoms. The molecule has 0 aromatic heterocycles. The Morgan fingerprint density at radius 1 is 1.46 bits per heavy atom. The predicted molar refractivity (Wildman–Crippen MR) is 49.1 cm³/mol. The van der Waals surface area contributed by atoms with Crippen LogP contribution in [0.1, 0.15) is 33.1 Å². The molecule has 1 aliphatic carbocycles. The highest BCUT2D eigenvalue weighted by atomic mass is 16.5. The van der Waals surface area contributed by atoms with Crippen molar-refractivity contribution in [3.8, 4) is 0 Å². The van der Waals surface area contributed by atoms with Gasteiger partial charge in [-0.1, -0.05) is 6.92 Å². The highest BCUT2D eigenvalue weighted by Gasteiger charge is 2.30. The van der Waals surface area contributed by atoms with E-state index in [0.717, 1.165) is 12.8 Å². The van der Waals surface area contributed by atoms with E-state index in [9.17, 15) is 9.90 Å². The van der Waals surface area contributed by atoms with Gasteiger partial charge in [0.2, 0.25) is 0 Å². The summed E-state index contributed by atoms with van der Waals surface area (Å²) < 4.78 is 4.93. The van der Waals surface area contributed by atoms with E-state index < -0.39 is 0 Å². The van der Waals surface area contributed by atoms with Crippen molar-refractivity contribution in [2.75, 3.05) is 6.61 Å². The van der Waals surface area contributed by atoms with E-state index >= 15 is 0 Å². The van der Waals surface area contributed by atoms with Crippen molar-refractivity contribution >= 4 is 5.97 Å². The molecule has 1 rings (SSSR count). The van der Waals surface area contributed by atoms with Crippen molar-refractivity contribution in [1.29, 1.82) is 0 Å². The van der Waals surface area contributed by atoms with Gasteiger partial charge in [0, 0.05) is 0 Å². The second-order valence-electron chi connectivity index (χ2n) is 3.92. The molecule has 1 saturated carbocycles. The lowest BCUT2D eigenvalue weighted by atomic mass is 9.81. The highest BCUT2D eigenvalue weighted by Crippen LogP contribution is 2.29. The topological polar surface area (TPSA) is 46.5 Å². The Morgan fingerprint density at radius 2 is 2.15 bits per heavy atom. The third kappa shape index (κ3) is 2.99. The van der Waals surface area contributed by atoms with Crippen LogP contribution in [0.15, 0.2) is 0 Å². The van der Waals surface area contributed by atoms with E-state index in [1.54, 1.807) is 6.92 Å². The van der Waals surface area contributed by atoms with Crippen LogP contribution in [0.4, 0.5) is 0 Å². The van der Waals surface area contributed by atoms with Crippen molar-refractivity contribution < 1.29 is 14.6 Å². The summed E-state index contributed by atoms with van der Waals surface area (Å²) in [5.74, 6) is 0.199. The molecule has 3 nitrogen and oxygen atoms in total. The molecule has 0 aromatic rings. The van der Waals surface area contributed by atoms with Crippen LogP contribution in [0.2, 0.25) is 0 Å². The molecule has 0 aromatic carbocycles. The zero-order valence-corrected chi connectivity index (χ0v) is 8.32. The van der Waals surface area contributed by atoms with E-state index in [1.165, 1.54) is 0 Å². The lowest BCUT2D eigenvalue weighted by molar-refractivity contribution is -0.151. The number of carbonyl (C=O) groups excluding carboxylic acids is 1. The minimum absolute atomic E-state index is 0.0845. The molecule has 3 heteroatoms. The molecule has 0 amide bonds. The lowest BCUT2D eigenvalue weighted by Gasteiger charge is -2.28. The fraction of sp³-hybridized carbons (Fsp3) is 0.900. The third-order valence-electron chi connectivity index (χ3n) is 2.54.